The van der Waals surface area contributed by atoms with Crippen LogP contribution in [-0.4, -0.2) is 36.2 Å². The molecule has 116 valence electrons. The molecule has 2 amide bonds. The zero-order valence-corrected chi connectivity index (χ0v) is 12.2. The Morgan fingerprint density at radius 2 is 2.19 bits per heavy atom. The number of hydrogen-bond acceptors (Lipinski definition) is 5. The fourth-order valence-electron chi connectivity index (χ4n) is 1.65. The van der Waals surface area contributed by atoms with Crippen molar-refractivity contribution in [1.29, 1.82) is 0 Å². The molecule has 1 aromatic heterocycles. The lowest BCUT2D eigenvalue weighted by Gasteiger charge is -2.11. The minimum Gasteiger partial charge on any atom is -0.450 e. The number of aromatic nitrogens is 1. The Labute approximate surface area is 124 Å². The van der Waals surface area contributed by atoms with Crippen molar-refractivity contribution in [1.82, 2.24) is 10.3 Å². The van der Waals surface area contributed by atoms with Gasteiger partial charge in [-0.25, -0.2) is 9.78 Å². The quantitative estimate of drug-likeness (QED) is 0.626. The summed E-state index contributed by atoms with van der Waals surface area (Å²) >= 11 is 0. The average molecular weight is 294 g/mol. The van der Waals surface area contributed by atoms with Crippen LogP contribution in [0.25, 0.3) is 0 Å². The number of ether oxygens (including phenoxy) is 1. The molecule has 0 aliphatic heterocycles. The highest BCUT2D eigenvalue weighted by atomic mass is 16.5. The van der Waals surface area contributed by atoms with Crippen LogP contribution < -0.4 is 16.4 Å². The van der Waals surface area contributed by atoms with Crippen molar-refractivity contribution < 1.29 is 14.3 Å². The molecular weight excluding hydrogens is 272 g/mol. The van der Waals surface area contributed by atoms with E-state index in [1.54, 1.807) is 31.3 Å². The number of hydrogen-bond donors (Lipinski definition) is 3. The Hall–Kier alpha value is -2.15. The molecule has 1 heterocycles. The lowest BCUT2D eigenvalue weighted by molar-refractivity contribution is -0.117. The molecule has 0 spiro atoms. The van der Waals surface area contributed by atoms with Gasteiger partial charge in [-0.2, -0.15) is 0 Å². The van der Waals surface area contributed by atoms with Gasteiger partial charge in [-0.1, -0.05) is 6.07 Å². The molecule has 0 aromatic carbocycles. The van der Waals surface area contributed by atoms with Crippen molar-refractivity contribution in [3.8, 4) is 0 Å². The molecule has 0 aliphatic rings. The van der Waals surface area contributed by atoms with Crippen molar-refractivity contribution in [2.24, 2.45) is 5.73 Å². The van der Waals surface area contributed by atoms with Gasteiger partial charge in [0.2, 0.25) is 5.91 Å². The SMILES string of the molecule is CCOC(=O)NCCCC[C@H](N)C(=O)Nc1ccccn1. The maximum atomic E-state index is 11.8. The molecule has 7 heteroatoms. The highest BCUT2D eigenvalue weighted by Gasteiger charge is 2.13. The predicted molar refractivity (Wildman–Crippen MR) is 79.7 cm³/mol. The summed E-state index contributed by atoms with van der Waals surface area (Å²) in [6.07, 6.45) is 3.20. The van der Waals surface area contributed by atoms with E-state index < -0.39 is 12.1 Å². The highest BCUT2D eigenvalue weighted by Crippen LogP contribution is 2.04. The van der Waals surface area contributed by atoms with Gasteiger partial charge < -0.3 is 21.1 Å². The summed E-state index contributed by atoms with van der Waals surface area (Å²) in [5.74, 6) is 0.231. The van der Waals surface area contributed by atoms with Crippen LogP contribution in [0.2, 0.25) is 0 Å². The second kappa shape index (κ2) is 9.71. The van der Waals surface area contributed by atoms with E-state index in [9.17, 15) is 9.59 Å². The molecule has 0 fully saturated rings. The first-order chi connectivity index (χ1) is 10.1. The third-order valence-corrected chi connectivity index (χ3v) is 2.74. The van der Waals surface area contributed by atoms with Gasteiger partial charge in [0, 0.05) is 12.7 Å². The second-order valence-electron chi connectivity index (χ2n) is 4.45. The van der Waals surface area contributed by atoms with Crippen molar-refractivity contribution >= 4 is 17.8 Å². The van der Waals surface area contributed by atoms with E-state index in [1.165, 1.54) is 0 Å². The molecule has 1 aromatic rings. The first-order valence-corrected chi connectivity index (χ1v) is 7.01. The lowest BCUT2D eigenvalue weighted by atomic mass is 10.1. The first-order valence-electron chi connectivity index (χ1n) is 7.01. The van der Waals surface area contributed by atoms with Crippen LogP contribution in [-0.2, 0) is 9.53 Å². The smallest absolute Gasteiger partial charge is 0.407 e. The number of carbonyl (C=O) groups excluding carboxylic acids is 2. The van der Waals surface area contributed by atoms with Crippen molar-refractivity contribution in [2.45, 2.75) is 32.2 Å². The highest BCUT2D eigenvalue weighted by molar-refractivity contribution is 5.93. The van der Waals surface area contributed by atoms with Crippen LogP contribution >= 0.6 is 0 Å². The second-order valence-corrected chi connectivity index (χ2v) is 4.45. The summed E-state index contributed by atoms with van der Waals surface area (Å²) in [5.41, 5.74) is 5.80. The Morgan fingerprint density at radius 3 is 2.86 bits per heavy atom. The summed E-state index contributed by atoms with van der Waals surface area (Å²) in [6, 6.07) is 4.67. The van der Waals surface area contributed by atoms with E-state index in [-0.39, 0.29) is 5.91 Å². The normalized spacial score (nSPS) is 11.5. The van der Waals surface area contributed by atoms with Gasteiger partial charge >= 0.3 is 6.09 Å². The molecule has 21 heavy (non-hydrogen) atoms. The van der Waals surface area contributed by atoms with Gasteiger partial charge in [0.05, 0.1) is 12.6 Å². The molecule has 7 nitrogen and oxygen atoms in total. The number of unbranched alkanes of at least 4 members (excludes halogenated alkanes) is 1. The van der Waals surface area contributed by atoms with E-state index in [2.05, 4.69) is 15.6 Å². The number of carbonyl (C=O) groups is 2. The number of amides is 2. The number of nitrogens with zero attached hydrogens (tertiary/aromatic N) is 1. The van der Waals surface area contributed by atoms with Crippen LogP contribution in [0.1, 0.15) is 26.2 Å². The average Bonchev–Trinajstić information content (AvgIpc) is 2.48. The fraction of sp³-hybridized carbons (Fsp3) is 0.500. The van der Waals surface area contributed by atoms with E-state index >= 15 is 0 Å². The number of rotatable bonds is 8. The summed E-state index contributed by atoms with van der Waals surface area (Å²) in [5, 5.41) is 5.27. The van der Waals surface area contributed by atoms with Crippen LogP contribution in [0, 0.1) is 0 Å². The largest absolute Gasteiger partial charge is 0.450 e. The monoisotopic (exact) mass is 294 g/mol. The Morgan fingerprint density at radius 1 is 1.38 bits per heavy atom. The summed E-state index contributed by atoms with van der Waals surface area (Å²) in [7, 11) is 0. The molecule has 0 saturated carbocycles. The van der Waals surface area contributed by atoms with Gasteiger partial charge in [0.1, 0.15) is 5.82 Å². The minimum absolute atomic E-state index is 0.257. The van der Waals surface area contributed by atoms with Crippen LogP contribution in [0.3, 0.4) is 0 Å². The number of nitrogens with one attached hydrogen (secondary N) is 2. The number of alkyl carbamates (subject to hydrolysis) is 1. The Kier molecular flexibility index (Phi) is 7.81. The maximum Gasteiger partial charge on any atom is 0.407 e. The van der Waals surface area contributed by atoms with Gasteiger partial charge in [-0.05, 0) is 38.3 Å². The van der Waals surface area contributed by atoms with Gasteiger partial charge in [-0.15, -0.1) is 0 Å². The molecule has 0 saturated heterocycles. The van der Waals surface area contributed by atoms with Crippen molar-refractivity contribution in [3.05, 3.63) is 24.4 Å². The van der Waals surface area contributed by atoms with Crippen molar-refractivity contribution in [3.63, 3.8) is 0 Å². The molecule has 0 unspecified atom stereocenters. The number of pyridine rings is 1. The minimum atomic E-state index is -0.588. The van der Waals surface area contributed by atoms with E-state index in [4.69, 9.17) is 10.5 Å². The maximum absolute atomic E-state index is 11.8. The zero-order valence-electron chi connectivity index (χ0n) is 12.2. The predicted octanol–water partition coefficient (Wildman–Crippen LogP) is 1.26. The zero-order chi connectivity index (χ0) is 15.5. The topological polar surface area (TPSA) is 106 Å². The van der Waals surface area contributed by atoms with Crippen LogP contribution in [0.4, 0.5) is 10.6 Å². The Bertz CT molecular complexity index is 439. The van der Waals surface area contributed by atoms with Crippen LogP contribution in [0.5, 0.6) is 0 Å². The van der Waals surface area contributed by atoms with Gasteiger partial charge in [-0.3, -0.25) is 4.79 Å². The van der Waals surface area contributed by atoms with Gasteiger partial charge in [0.15, 0.2) is 0 Å². The fourth-order valence-corrected chi connectivity index (χ4v) is 1.65. The summed E-state index contributed by atoms with van der Waals surface area (Å²) < 4.78 is 4.73. The molecule has 0 bridgehead atoms. The summed E-state index contributed by atoms with van der Waals surface area (Å²) in [6.45, 7) is 2.61. The Balaban J connectivity index is 2.14. The first kappa shape index (κ1) is 16.9. The molecule has 1 rings (SSSR count). The molecule has 0 radical (unpaired) electrons. The lowest BCUT2D eigenvalue weighted by Crippen LogP contribution is -2.36. The van der Waals surface area contributed by atoms with Gasteiger partial charge in [0.25, 0.3) is 0 Å². The third kappa shape index (κ3) is 7.26. The van der Waals surface area contributed by atoms with E-state index in [0.29, 0.717) is 25.4 Å². The third-order valence-electron chi connectivity index (χ3n) is 2.74. The molecular formula is C14H22N4O3. The van der Waals surface area contributed by atoms with Crippen LogP contribution in [0.15, 0.2) is 24.4 Å². The van der Waals surface area contributed by atoms with Crippen molar-refractivity contribution in [2.75, 3.05) is 18.5 Å². The van der Waals surface area contributed by atoms with E-state index in [0.717, 1.165) is 12.8 Å². The standard InChI is InChI=1S/C14H22N4O3/c1-2-21-14(20)17-10-5-3-7-11(15)13(19)18-12-8-4-6-9-16-12/h4,6,8-9,11H,2-3,5,7,10,15H2,1H3,(H,17,20)(H,16,18,19)/t11-/m0/s1. The summed E-state index contributed by atoms with van der Waals surface area (Å²) in [4.78, 5) is 26.8. The molecule has 1 atom stereocenters. The number of nitrogens with two attached hydrogens (primary N) is 1. The molecule has 4 N–H and O–H groups in total. The van der Waals surface area contributed by atoms with E-state index in [1.807, 2.05) is 0 Å². The number of anilines is 1. The molecule has 0 aliphatic carbocycles.